The summed E-state index contributed by atoms with van der Waals surface area (Å²) in [4.78, 5) is 10.7. The topological polar surface area (TPSA) is 90.3 Å². The molecule has 122 valence electrons. The lowest BCUT2D eigenvalue weighted by Gasteiger charge is -2.13. The predicted octanol–water partition coefficient (Wildman–Crippen LogP) is 5.04. The van der Waals surface area contributed by atoms with Crippen LogP contribution in [0.15, 0.2) is 49.9 Å². The maximum atomic E-state index is 12.4. The third-order valence-electron chi connectivity index (χ3n) is 3.51. The van der Waals surface area contributed by atoms with Crippen LogP contribution >= 0.6 is 47.8 Å². The molecule has 9 heteroatoms. The summed E-state index contributed by atoms with van der Waals surface area (Å²) in [6.45, 7) is 0. The standard InChI is InChI=1S/C15H7Br3N2O4/c16-9-6-10(17)15(21)13(18)12(9)14-8-2-1-3-11(20(23)24)7(8)4-5-19(14)22/h1-6,21H. The summed E-state index contributed by atoms with van der Waals surface area (Å²) in [6, 6.07) is 7.54. The maximum absolute atomic E-state index is 12.4. The first-order chi connectivity index (χ1) is 11.3. The number of benzene rings is 2. The number of halogens is 3. The fourth-order valence-corrected chi connectivity index (χ4v) is 4.97. The highest BCUT2D eigenvalue weighted by molar-refractivity contribution is 9.11. The van der Waals surface area contributed by atoms with Crippen LogP contribution in [-0.2, 0) is 0 Å². The van der Waals surface area contributed by atoms with Gasteiger partial charge in [0.1, 0.15) is 5.75 Å². The van der Waals surface area contributed by atoms with Gasteiger partial charge in [-0.05, 0) is 59.9 Å². The SMILES string of the molecule is O=[N+]([O-])c1cccc2c(-c3c(Br)cc(Br)c(O)c3Br)[n+]([O-])ccc12. The average Bonchev–Trinajstić information content (AvgIpc) is 2.54. The van der Waals surface area contributed by atoms with E-state index in [4.69, 9.17) is 0 Å². The van der Waals surface area contributed by atoms with E-state index in [9.17, 15) is 20.4 Å². The average molecular weight is 519 g/mol. The minimum absolute atomic E-state index is 0.0735. The van der Waals surface area contributed by atoms with Crippen molar-refractivity contribution in [2.45, 2.75) is 0 Å². The zero-order valence-electron chi connectivity index (χ0n) is 11.7. The molecule has 3 rings (SSSR count). The molecule has 0 amide bonds. The Labute approximate surface area is 160 Å². The Balaban J connectivity index is 2.48. The van der Waals surface area contributed by atoms with Gasteiger partial charge in [0.2, 0.25) is 5.69 Å². The van der Waals surface area contributed by atoms with E-state index in [2.05, 4.69) is 47.8 Å². The molecule has 0 saturated heterocycles. The fraction of sp³-hybridized carbons (Fsp3) is 0. The number of hydrogen-bond donors (Lipinski definition) is 1. The van der Waals surface area contributed by atoms with Crippen LogP contribution in [-0.4, -0.2) is 10.0 Å². The van der Waals surface area contributed by atoms with Gasteiger partial charge >= 0.3 is 0 Å². The van der Waals surface area contributed by atoms with E-state index in [1.54, 1.807) is 12.1 Å². The second-order valence-corrected chi connectivity index (χ2v) is 7.37. The lowest BCUT2D eigenvalue weighted by molar-refractivity contribution is -0.592. The molecule has 0 aliphatic carbocycles. The molecule has 6 nitrogen and oxygen atoms in total. The second kappa shape index (κ2) is 6.30. The second-order valence-electron chi connectivity index (χ2n) is 4.86. The molecule has 0 bridgehead atoms. The highest BCUT2D eigenvalue weighted by Crippen LogP contribution is 2.45. The number of nitro benzene ring substituents is 1. The number of phenolic OH excluding ortho intramolecular Hbond substituents is 1. The number of non-ortho nitro benzene ring substituents is 1. The van der Waals surface area contributed by atoms with Crippen LogP contribution in [0.3, 0.4) is 0 Å². The fourth-order valence-electron chi connectivity index (χ4n) is 2.47. The summed E-state index contributed by atoms with van der Waals surface area (Å²) in [5.74, 6) is -0.0735. The Bertz CT molecular complexity index is 1010. The van der Waals surface area contributed by atoms with Crippen LogP contribution in [0.25, 0.3) is 22.0 Å². The molecule has 0 fully saturated rings. The summed E-state index contributed by atoms with van der Waals surface area (Å²) in [5, 5.41) is 34.6. The van der Waals surface area contributed by atoms with Crippen LogP contribution in [0.5, 0.6) is 5.75 Å². The molecule has 0 spiro atoms. The molecule has 0 aliphatic heterocycles. The van der Waals surface area contributed by atoms with E-state index in [0.29, 0.717) is 34.5 Å². The first-order valence-electron chi connectivity index (χ1n) is 6.49. The maximum Gasteiger partial charge on any atom is 0.277 e. The monoisotopic (exact) mass is 516 g/mol. The zero-order chi connectivity index (χ0) is 17.6. The molecular weight excluding hydrogens is 512 g/mol. The van der Waals surface area contributed by atoms with Crippen molar-refractivity contribution in [1.29, 1.82) is 0 Å². The van der Waals surface area contributed by atoms with Crippen LogP contribution in [0.2, 0.25) is 0 Å². The molecule has 1 N–H and O–H groups in total. The molecule has 3 aromatic rings. The van der Waals surface area contributed by atoms with E-state index < -0.39 is 4.92 Å². The summed E-state index contributed by atoms with van der Waals surface area (Å²) in [5.41, 5.74) is 0.498. The van der Waals surface area contributed by atoms with E-state index >= 15 is 0 Å². The van der Waals surface area contributed by atoms with E-state index in [1.807, 2.05) is 0 Å². The summed E-state index contributed by atoms with van der Waals surface area (Å²) < 4.78 is 1.90. The van der Waals surface area contributed by atoms with Crippen molar-refractivity contribution in [2.24, 2.45) is 0 Å². The largest absolute Gasteiger partial charge is 0.618 e. The van der Waals surface area contributed by atoms with Crippen LogP contribution in [0.1, 0.15) is 0 Å². The molecule has 24 heavy (non-hydrogen) atoms. The minimum atomic E-state index is -0.496. The number of hydrogen-bond acceptors (Lipinski definition) is 4. The van der Waals surface area contributed by atoms with Crippen molar-refractivity contribution >= 4 is 64.2 Å². The zero-order valence-corrected chi connectivity index (χ0v) is 16.4. The Morgan fingerprint density at radius 1 is 1.08 bits per heavy atom. The molecule has 0 saturated carbocycles. The summed E-state index contributed by atoms with van der Waals surface area (Å²) in [6.07, 6.45) is 1.21. The summed E-state index contributed by atoms with van der Waals surface area (Å²) >= 11 is 9.89. The van der Waals surface area contributed by atoms with Crippen molar-refractivity contribution in [1.82, 2.24) is 0 Å². The predicted molar refractivity (Wildman–Crippen MR) is 99.8 cm³/mol. The molecular formula is C15H7Br3N2O4. The highest BCUT2D eigenvalue weighted by Gasteiger charge is 2.26. The number of phenols is 1. The van der Waals surface area contributed by atoms with Gasteiger partial charge in [0, 0.05) is 16.6 Å². The van der Waals surface area contributed by atoms with E-state index in [-0.39, 0.29) is 17.1 Å². The molecule has 1 heterocycles. The Hall–Kier alpha value is -1.71. The molecule has 0 radical (unpaired) electrons. The normalized spacial score (nSPS) is 11.0. The van der Waals surface area contributed by atoms with E-state index in [0.717, 1.165) is 0 Å². The van der Waals surface area contributed by atoms with Crippen molar-refractivity contribution in [3.8, 4) is 17.0 Å². The van der Waals surface area contributed by atoms with Gasteiger partial charge in [0.05, 0.1) is 30.2 Å². The Morgan fingerprint density at radius 3 is 2.46 bits per heavy atom. The lowest BCUT2D eigenvalue weighted by atomic mass is 10.0. The highest BCUT2D eigenvalue weighted by atomic mass is 79.9. The Morgan fingerprint density at radius 2 is 1.79 bits per heavy atom. The van der Waals surface area contributed by atoms with Gasteiger partial charge in [0.15, 0.2) is 6.20 Å². The number of nitrogens with zero attached hydrogens (tertiary/aromatic N) is 2. The molecule has 2 aromatic carbocycles. The van der Waals surface area contributed by atoms with Gasteiger partial charge in [0.25, 0.3) is 5.69 Å². The van der Waals surface area contributed by atoms with E-state index in [1.165, 1.54) is 24.4 Å². The quantitative estimate of drug-likeness (QED) is 0.223. The van der Waals surface area contributed by atoms with Gasteiger partial charge in [-0.1, -0.05) is 6.07 Å². The first kappa shape index (κ1) is 17.1. The van der Waals surface area contributed by atoms with Crippen molar-refractivity contribution in [3.05, 3.63) is 65.3 Å². The Kier molecular flexibility index (Phi) is 4.50. The smallest absolute Gasteiger partial charge is 0.277 e. The number of pyridine rings is 1. The number of aromatic nitrogens is 1. The number of fused-ring (bicyclic) bond motifs is 1. The molecule has 0 atom stereocenters. The summed E-state index contributed by atoms with van der Waals surface area (Å²) in [7, 11) is 0. The van der Waals surface area contributed by atoms with Crippen LogP contribution < -0.4 is 4.73 Å². The van der Waals surface area contributed by atoms with Crippen LogP contribution in [0, 0.1) is 15.3 Å². The lowest BCUT2D eigenvalue weighted by Crippen LogP contribution is -2.29. The van der Waals surface area contributed by atoms with Gasteiger partial charge in [-0.2, -0.15) is 4.73 Å². The molecule has 0 unspecified atom stereocenters. The van der Waals surface area contributed by atoms with Gasteiger partial charge < -0.3 is 10.3 Å². The molecule has 1 aromatic heterocycles. The number of nitro groups is 1. The van der Waals surface area contributed by atoms with Gasteiger partial charge in [-0.15, -0.1) is 0 Å². The first-order valence-corrected chi connectivity index (χ1v) is 8.87. The number of rotatable bonds is 2. The van der Waals surface area contributed by atoms with Gasteiger partial charge in [-0.3, -0.25) is 10.1 Å². The third kappa shape index (κ3) is 2.66. The third-order valence-corrected chi connectivity index (χ3v) is 5.52. The van der Waals surface area contributed by atoms with Gasteiger partial charge in [-0.25, -0.2) is 0 Å². The van der Waals surface area contributed by atoms with Crippen molar-refractivity contribution in [2.75, 3.05) is 0 Å². The van der Waals surface area contributed by atoms with Crippen molar-refractivity contribution < 1.29 is 14.8 Å². The molecule has 0 aliphatic rings. The minimum Gasteiger partial charge on any atom is -0.618 e. The van der Waals surface area contributed by atoms with Crippen LogP contribution in [0.4, 0.5) is 5.69 Å². The van der Waals surface area contributed by atoms with Crippen molar-refractivity contribution in [3.63, 3.8) is 0 Å². The number of aromatic hydroxyl groups is 1.